The summed E-state index contributed by atoms with van der Waals surface area (Å²) in [6, 6.07) is 3.51. The lowest BCUT2D eigenvalue weighted by Crippen LogP contribution is -2.35. The summed E-state index contributed by atoms with van der Waals surface area (Å²) < 4.78 is 13.4. The molecule has 15 heavy (non-hydrogen) atoms. The molecule has 0 amide bonds. The number of hydrogen-bond donors (Lipinski definition) is 2. The highest BCUT2D eigenvalue weighted by atomic mass is 19.1. The molecule has 4 heteroatoms. The zero-order chi connectivity index (χ0) is 11.6. The highest BCUT2D eigenvalue weighted by molar-refractivity contribution is 5.74. The minimum atomic E-state index is -1.12. The molecule has 0 saturated heterocycles. The summed E-state index contributed by atoms with van der Waals surface area (Å²) in [4.78, 5) is 10.7. The standard InChI is InChI=1S/C11H14FNO2/c1-6-3-4-9(12)8(5-6)7(2)10(13)11(14)15/h3-5,7,10H,13H2,1-2H3,(H,14,15)/t7-,10+/m1/s1. The minimum absolute atomic E-state index is 0.352. The van der Waals surface area contributed by atoms with E-state index in [1.807, 2.05) is 6.92 Å². The van der Waals surface area contributed by atoms with Gasteiger partial charge < -0.3 is 10.8 Å². The number of nitrogens with two attached hydrogens (primary N) is 1. The Morgan fingerprint density at radius 3 is 2.67 bits per heavy atom. The van der Waals surface area contributed by atoms with Gasteiger partial charge in [-0.2, -0.15) is 0 Å². The van der Waals surface area contributed by atoms with Gasteiger partial charge in [-0.05, 0) is 18.6 Å². The third kappa shape index (κ3) is 2.53. The zero-order valence-corrected chi connectivity index (χ0v) is 8.70. The topological polar surface area (TPSA) is 63.3 Å². The molecule has 0 aliphatic heterocycles. The van der Waals surface area contributed by atoms with E-state index in [1.54, 1.807) is 19.1 Å². The molecule has 0 radical (unpaired) electrons. The van der Waals surface area contributed by atoms with Crippen LogP contribution < -0.4 is 5.73 Å². The second-order valence-corrected chi connectivity index (χ2v) is 3.68. The molecule has 0 aliphatic rings. The van der Waals surface area contributed by atoms with E-state index in [2.05, 4.69) is 0 Å². The number of carboxylic acid groups (broad SMARTS) is 1. The Bertz CT molecular complexity index is 379. The zero-order valence-electron chi connectivity index (χ0n) is 8.70. The van der Waals surface area contributed by atoms with E-state index < -0.39 is 23.7 Å². The summed E-state index contributed by atoms with van der Waals surface area (Å²) in [6.07, 6.45) is 0. The van der Waals surface area contributed by atoms with Crippen LogP contribution in [0.2, 0.25) is 0 Å². The fourth-order valence-corrected chi connectivity index (χ4v) is 1.42. The molecule has 3 nitrogen and oxygen atoms in total. The fourth-order valence-electron chi connectivity index (χ4n) is 1.42. The van der Waals surface area contributed by atoms with Crippen molar-refractivity contribution in [3.63, 3.8) is 0 Å². The number of carboxylic acids is 1. The van der Waals surface area contributed by atoms with Crippen LogP contribution in [0.3, 0.4) is 0 Å². The molecule has 0 spiro atoms. The molecule has 0 bridgehead atoms. The molecule has 0 saturated carbocycles. The molecular weight excluding hydrogens is 197 g/mol. The van der Waals surface area contributed by atoms with E-state index in [-0.39, 0.29) is 0 Å². The number of carbonyl (C=O) groups is 1. The Morgan fingerprint density at radius 2 is 2.13 bits per heavy atom. The third-order valence-corrected chi connectivity index (χ3v) is 2.47. The molecule has 3 N–H and O–H groups in total. The first-order chi connectivity index (χ1) is 6.93. The number of aryl methyl sites for hydroxylation is 1. The molecule has 0 fully saturated rings. The van der Waals surface area contributed by atoms with Gasteiger partial charge in [-0.1, -0.05) is 24.6 Å². The average Bonchev–Trinajstić information content (AvgIpc) is 2.19. The summed E-state index contributed by atoms with van der Waals surface area (Å²) in [5.74, 6) is -2.07. The van der Waals surface area contributed by atoms with E-state index >= 15 is 0 Å². The second kappa shape index (κ2) is 4.40. The van der Waals surface area contributed by atoms with E-state index in [0.717, 1.165) is 5.56 Å². The van der Waals surface area contributed by atoms with Crippen molar-refractivity contribution in [2.45, 2.75) is 25.8 Å². The summed E-state index contributed by atoms with van der Waals surface area (Å²) in [6.45, 7) is 3.43. The first-order valence-corrected chi connectivity index (χ1v) is 4.68. The maximum atomic E-state index is 13.4. The van der Waals surface area contributed by atoms with E-state index in [9.17, 15) is 9.18 Å². The normalized spacial score (nSPS) is 14.7. The first-order valence-electron chi connectivity index (χ1n) is 4.68. The molecule has 1 aromatic carbocycles. The molecule has 0 aromatic heterocycles. The molecule has 1 rings (SSSR count). The number of rotatable bonds is 3. The van der Waals surface area contributed by atoms with Gasteiger partial charge in [0.25, 0.3) is 0 Å². The lowest BCUT2D eigenvalue weighted by atomic mass is 9.92. The van der Waals surface area contributed by atoms with Crippen LogP contribution >= 0.6 is 0 Å². The summed E-state index contributed by atoms with van der Waals surface area (Å²) in [5, 5.41) is 8.73. The molecule has 1 aromatic rings. The van der Waals surface area contributed by atoms with Gasteiger partial charge >= 0.3 is 5.97 Å². The van der Waals surface area contributed by atoms with Crippen molar-refractivity contribution in [3.8, 4) is 0 Å². The van der Waals surface area contributed by atoms with Crippen LogP contribution in [0, 0.1) is 12.7 Å². The maximum Gasteiger partial charge on any atom is 0.321 e. The summed E-state index contributed by atoms with van der Waals surface area (Å²) in [5.41, 5.74) is 6.68. The largest absolute Gasteiger partial charge is 0.480 e. The Hall–Kier alpha value is -1.42. The van der Waals surface area contributed by atoms with Crippen LogP contribution in [0.4, 0.5) is 4.39 Å². The average molecular weight is 211 g/mol. The van der Waals surface area contributed by atoms with Gasteiger partial charge in [-0.15, -0.1) is 0 Å². The van der Waals surface area contributed by atoms with Gasteiger partial charge in [-0.25, -0.2) is 4.39 Å². The van der Waals surface area contributed by atoms with Crippen molar-refractivity contribution in [1.29, 1.82) is 0 Å². The van der Waals surface area contributed by atoms with E-state index in [0.29, 0.717) is 5.56 Å². The molecule has 82 valence electrons. The lowest BCUT2D eigenvalue weighted by Gasteiger charge is -2.17. The highest BCUT2D eigenvalue weighted by Crippen LogP contribution is 2.22. The number of benzene rings is 1. The van der Waals surface area contributed by atoms with Crippen LogP contribution in [0.1, 0.15) is 24.0 Å². The Morgan fingerprint density at radius 1 is 1.53 bits per heavy atom. The summed E-state index contributed by atoms with van der Waals surface area (Å²) in [7, 11) is 0. The molecular formula is C11H14FNO2. The number of aliphatic carboxylic acids is 1. The van der Waals surface area contributed by atoms with Gasteiger partial charge in [0.05, 0.1) is 0 Å². The minimum Gasteiger partial charge on any atom is -0.480 e. The number of hydrogen-bond acceptors (Lipinski definition) is 2. The lowest BCUT2D eigenvalue weighted by molar-refractivity contribution is -0.139. The smallest absolute Gasteiger partial charge is 0.321 e. The van der Waals surface area contributed by atoms with Gasteiger partial charge in [0.1, 0.15) is 11.9 Å². The molecule has 0 aliphatic carbocycles. The van der Waals surface area contributed by atoms with E-state index in [1.165, 1.54) is 6.07 Å². The van der Waals surface area contributed by atoms with Gasteiger partial charge in [-0.3, -0.25) is 4.79 Å². The maximum absolute atomic E-state index is 13.4. The van der Waals surface area contributed by atoms with Crippen LogP contribution in [-0.2, 0) is 4.79 Å². The van der Waals surface area contributed by atoms with Crippen molar-refractivity contribution >= 4 is 5.97 Å². The first kappa shape index (κ1) is 11.7. The van der Waals surface area contributed by atoms with Crippen molar-refractivity contribution in [3.05, 3.63) is 35.1 Å². The third-order valence-electron chi connectivity index (χ3n) is 2.47. The van der Waals surface area contributed by atoms with Crippen LogP contribution in [0.5, 0.6) is 0 Å². The molecule has 0 unspecified atom stereocenters. The van der Waals surface area contributed by atoms with Crippen molar-refractivity contribution in [2.75, 3.05) is 0 Å². The predicted molar refractivity (Wildman–Crippen MR) is 55.2 cm³/mol. The van der Waals surface area contributed by atoms with Gasteiger partial charge in [0.2, 0.25) is 0 Å². The Labute approximate surface area is 87.7 Å². The van der Waals surface area contributed by atoms with E-state index in [4.69, 9.17) is 10.8 Å². The Balaban J connectivity index is 3.04. The Kier molecular flexibility index (Phi) is 3.42. The molecule has 2 atom stereocenters. The van der Waals surface area contributed by atoms with Crippen molar-refractivity contribution in [1.82, 2.24) is 0 Å². The van der Waals surface area contributed by atoms with Gasteiger partial charge in [0.15, 0.2) is 0 Å². The summed E-state index contributed by atoms with van der Waals surface area (Å²) >= 11 is 0. The van der Waals surface area contributed by atoms with Crippen molar-refractivity contribution < 1.29 is 14.3 Å². The predicted octanol–water partition coefficient (Wildman–Crippen LogP) is 1.65. The van der Waals surface area contributed by atoms with Crippen LogP contribution in [-0.4, -0.2) is 17.1 Å². The second-order valence-electron chi connectivity index (χ2n) is 3.68. The van der Waals surface area contributed by atoms with Crippen LogP contribution in [0.25, 0.3) is 0 Å². The SMILES string of the molecule is Cc1ccc(F)c([C@@H](C)[C@H](N)C(=O)O)c1. The quantitative estimate of drug-likeness (QED) is 0.799. The van der Waals surface area contributed by atoms with Crippen LogP contribution in [0.15, 0.2) is 18.2 Å². The number of halogens is 1. The fraction of sp³-hybridized carbons (Fsp3) is 0.364. The molecule has 0 heterocycles. The monoisotopic (exact) mass is 211 g/mol. The van der Waals surface area contributed by atoms with Gasteiger partial charge in [0, 0.05) is 5.92 Å². The highest BCUT2D eigenvalue weighted by Gasteiger charge is 2.23. The van der Waals surface area contributed by atoms with Crippen molar-refractivity contribution in [2.24, 2.45) is 5.73 Å².